The zero-order chi connectivity index (χ0) is 9.14. The number of rotatable bonds is 2. The average molecular weight is 237 g/mol. The van der Waals surface area contributed by atoms with Crippen molar-refractivity contribution < 1.29 is 0 Å². The Hall–Kier alpha value is -0.440. The van der Waals surface area contributed by atoms with Gasteiger partial charge in [-0.1, -0.05) is 12.1 Å². The summed E-state index contributed by atoms with van der Waals surface area (Å²) in [7, 11) is 4.06. The summed E-state index contributed by atoms with van der Waals surface area (Å²) in [6.45, 7) is 1.99. The first-order valence-electron chi connectivity index (χ1n) is 4.14. The highest BCUT2D eigenvalue weighted by Crippen LogP contribution is 2.17. The third-order valence-electron chi connectivity index (χ3n) is 1.91. The number of nitrogens with zero attached hydrogens (tertiary/aromatic N) is 1. The molecule has 1 rings (SSSR count). The van der Waals surface area contributed by atoms with Gasteiger partial charge in [0.05, 0.1) is 0 Å². The summed E-state index contributed by atoms with van der Waals surface area (Å²) in [6.07, 6.45) is 0. The van der Waals surface area contributed by atoms with Gasteiger partial charge in [-0.25, -0.2) is 0 Å². The molecule has 1 atom stereocenters. The fourth-order valence-corrected chi connectivity index (χ4v) is 1.09. The Morgan fingerprint density at radius 2 is 1.79 bits per heavy atom. The number of nitrogens with two attached hydrogens (primary N) is 1. The minimum absolute atomic E-state index is 0. The summed E-state index contributed by atoms with van der Waals surface area (Å²) in [4.78, 5) is 2.08. The van der Waals surface area contributed by atoms with Crippen molar-refractivity contribution in [2.24, 2.45) is 5.73 Å². The maximum absolute atomic E-state index is 5.76. The third kappa shape index (κ3) is 4.18. The molecule has 14 heavy (non-hydrogen) atoms. The first-order chi connectivity index (χ1) is 5.61. The molecule has 1 unspecified atom stereocenters. The van der Waals surface area contributed by atoms with Gasteiger partial charge in [-0.2, -0.15) is 0 Å². The van der Waals surface area contributed by atoms with Crippen LogP contribution in [0.3, 0.4) is 0 Å². The molecule has 0 aliphatic rings. The molecule has 0 saturated carbocycles. The molecule has 4 heteroatoms. The minimum atomic E-state index is 0. The van der Waals surface area contributed by atoms with Crippen LogP contribution >= 0.6 is 24.8 Å². The molecule has 0 radical (unpaired) electrons. The van der Waals surface area contributed by atoms with Crippen molar-refractivity contribution in [2.75, 3.05) is 19.0 Å². The van der Waals surface area contributed by atoms with Gasteiger partial charge in [0.25, 0.3) is 0 Å². The Bertz CT molecular complexity index is 239. The van der Waals surface area contributed by atoms with Crippen LogP contribution < -0.4 is 10.6 Å². The molecule has 0 bridgehead atoms. The standard InChI is InChI=1S/C10H16N2.2ClH/c1-8(11)9-5-4-6-10(7-9)12(2)3;;/h4-8H,11H2,1-3H3;2*1H. The van der Waals surface area contributed by atoms with E-state index in [9.17, 15) is 0 Å². The maximum Gasteiger partial charge on any atom is 0.0364 e. The van der Waals surface area contributed by atoms with Gasteiger partial charge >= 0.3 is 0 Å². The van der Waals surface area contributed by atoms with Crippen LogP contribution in [0.5, 0.6) is 0 Å². The summed E-state index contributed by atoms with van der Waals surface area (Å²) in [5, 5.41) is 0. The van der Waals surface area contributed by atoms with Gasteiger partial charge < -0.3 is 10.6 Å². The van der Waals surface area contributed by atoms with Crippen molar-refractivity contribution >= 4 is 30.5 Å². The van der Waals surface area contributed by atoms with Gasteiger partial charge in [-0.15, -0.1) is 24.8 Å². The lowest BCUT2D eigenvalue weighted by atomic mass is 10.1. The Labute approximate surface area is 98.3 Å². The molecule has 0 aromatic heterocycles. The first-order valence-corrected chi connectivity index (χ1v) is 4.14. The monoisotopic (exact) mass is 236 g/mol. The lowest BCUT2D eigenvalue weighted by Crippen LogP contribution is -2.10. The zero-order valence-corrected chi connectivity index (χ0v) is 10.4. The number of hydrogen-bond acceptors (Lipinski definition) is 2. The molecular formula is C10H18Cl2N2. The van der Waals surface area contributed by atoms with Gasteiger partial charge in [0, 0.05) is 25.8 Å². The van der Waals surface area contributed by atoms with E-state index in [4.69, 9.17) is 5.73 Å². The maximum atomic E-state index is 5.76. The predicted octanol–water partition coefficient (Wildman–Crippen LogP) is 2.62. The molecule has 0 amide bonds. The normalized spacial score (nSPS) is 10.9. The molecule has 0 heterocycles. The van der Waals surface area contributed by atoms with Crippen molar-refractivity contribution in [3.63, 3.8) is 0 Å². The fourth-order valence-electron chi connectivity index (χ4n) is 1.09. The van der Waals surface area contributed by atoms with Gasteiger partial charge in [-0.05, 0) is 24.6 Å². The van der Waals surface area contributed by atoms with Gasteiger partial charge in [0.15, 0.2) is 0 Å². The van der Waals surface area contributed by atoms with E-state index in [1.807, 2.05) is 27.1 Å². The summed E-state index contributed by atoms with van der Waals surface area (Å²) in [6, 6.07) is 8.40. The molecule has 0 fully saturated rings. The molecule has 0 spiro atoms. The quantitative estimate of drug-likeness (QED) is 0.856. The van der Waals surface area contributed by atoms with Crippen molar-refractivity contribution in [1.29, 1.82) is 0 Å². The third-order valence-corrected chi connectivity index (χ3v) is 1.91. The van der Waals surface area contributed by atoms with Crippen LogP contribution in [0, 0.1) is 0 Å². The molecule has 82 valence electrons. The van der Waals surface area contributed by atoms with Crippen LogP contribution in [0.15, 0.2) is 24.3 Å². The summed E-state index contributed by atoms with van der Waals surface area (Å²) in [5.74, 6) is 0. The minimum Gasteiger partial charge on any atom is -0.378 e. The van der Waals surface area contributed by atoms with Gasteiger partial charge in [-0.3, -0.25) is 0 Å². The van der Waals surface area contributed by atoms with Crippen molar-refractivity contribution in [3.05, 3.63) is 29.8 Å². The molecule has 2 N–H and O–H groups in total. The van der Waals surface area contributed by atoms with E-state index in [2.05, 4.69) is 23.1 Å². The smallest absolute Gasteiger partial charge is 0.0364 e. The van der Waals surface area contributed by atoms with E-state index >= 15 is 0 Å². The number of benzene rings is 1. The van der Waals surface area contributed by atoms with Crippen LogP contribution in [0.2, 0.25) is 0 Å². The van der Waals surface area contributed by atoms with Crippen LogP contribution in [0.25, 0.3) is 0 Å². The Kier molecular flexibility index (Phi) is 7.93. The van der Waals surface area contributed by atoms with Crippen LogP contribution in [0.1, 0.15) is 18.5 Å². The highest BCUT2D eigenvalue weighted by molar-refractivity contribution is 5.85. The SMILES string of the molecule is CC(N)c1cccc(N(C)C)c1.Cl.Cl. The molecule has 1 aromatic carbocycles. The predicted molar refractivity (Wildman–Crippen MR) is 67.9 cm³/mol. The van der Waals surface area contributed by atoms with E-state index in [0.29, 0.717) is 0 Å². The molecule has 1 aromatic rings. The van der Waals surface area contributed by atoms with Crippen molar-refractivity contribution in [1.82, 2.24) is 0 Å². The second-order valence-electron chi connectivity index (χ2n) is 3.28. The molecular weight excluding hydrogens is 219 g/mol. The van der Waals surface area contributed by atoms with E-state index < -0.39 is 0 Å². The highest BCUT2D eigenvalue weighted by Gasteiger charge is 2.00. The second-order valence-corrected chi connectivity index (χ2v) is 3.28. The zero-order valence-electron chi connectivity index (χ0n) is 8.73. The number of anilines is 1. The molecule has 0 aliphatic heterocycles. The molecule has 0 aliphatic carbocycles. The molecule has 2 nitrogen and oxygen atoms in total. The lowest BCUT2D eigenvalue weighted by Gasteiger charge is -2.14. The Morgan fingerprint density at radius 1 is 1.21 bits per heavy atom. The van der Waals surface area contributed by atoms with E-state index in [0.717, 1.165) is 0 Å². The largest absolute Gasteiger partial charge is 0.378 e. The summed E-state index contributed by atoms with van der Waals surface area (Å²) >= 11 is 0. The molecule has 0 saturated heterocycles. The lowest BCUT2D eigenvalue weighted by molar-refractivity contribution is 0.817. The van der Waals surface area contributed by atoms with E-state index in [-0.39, 0.29) is 30.9 Å². The Morgan fingerprint density at radius 3 is 2.21 bits per heavy atom. The van der Waals surface area contributed by atoms with E-state index in [1.165, 1.54) is 11.3 Å². The second kappa shape index (κ2) is 6.93. The van der Waals surface area contributed by atoms with Crippen molar-refractivity contribution in [3.8, 4) is 0 Å². The summed E-state index contributed by atoms with van der Waals surface area (Å²) in [5.41, 5.74) is 8.14. The average Bonchev–Trinajstić information content (AvgIpc) is 2.04. The fraction of sp³-hybridized carbons (Fsp3) is 0.400. The number of halogens is 2. The van der Waals surface area contributed by atoms with E-state index in [1.54, 1.807) is 0 Å². The highest BCUT2D eigenvalue weighted by atomic mass is 35.5. The Balaban J connectivity index is 0. The van der Waals surface area contributed by atoms with Crippen LogP contribution in [0.4, 0.5) is 5.69 Å². The first kappa shape index (κ1) is 16.0. The van der Waals surface area contributed by atoms with Crippen molar-refractivity contribution in [2.45, 2.75) is 13.0 Å². The van der Waals surface area contributed by atoms with Crippen LogP contribution in [-0.2, 0) is 0 Å². The van der Waals surface area contributed by atoms with Gasteiger partial charge in [0.2, 0.25) is 0 Å². The number of hydrogen-bond donors (Lipinski definition) is 1. The van der Waals surface area contributed by atoms with Gasteiger partial charge in [0.1, 0.15) is 0 Å². The van der Waals surface area contributed by atoms with Crippen LogP contribution in [-0.4, -0.2) is 14.1 Å². The summed E-state index contributed by atoms with van der Waals surface area (Å²) < 4.78 is 0. The topological polar surface area (TPSA) is 29.3 Å².